The molecule has 1 atom stereocenters. The molecule has 1 heterocycles. The molecular weight excluding hydrogens is 264 g/mol. The molecule has 2 nitrogen and oxygen atoms in total. The lowest BCUT2D eigenvalue weighted by molar-refractivity contribution is 0.287. The van der Waals surface area contributed by atoms with Crippen LogP contribution in [0.5, 0.6) is 0 Å². The van der Waals surface area contributed by atoms with Gasteiger partial charge in [0, 0.05) is 12.5 Å². The molecule has 110 valence electrons. The van der Waals surface area contributed by atoms with Gasteiger partial charge in [-0.2, -0.15) is 0 Å². The summed E-state index contributed by atoms with van der Waals surface area (Å²) in [6.45, 7) is 10.3. The van der Waals surface area contributed by atoms with Crippen LogP contribution in [0.1, 0.15) is 45.5 Å². The molecule has 0 saturated heterocycles. The first-order valence-electron chi connectivity index (χ1n) is 7.58. The largest absolute Gasteiger partial charge is 0.314 e. The van der Waals surface area contributed by atoms with Gasteiger partial charge in [-0.15, -0.1) is 11.3 Å². The lowest BCUT2D eigenvalue weighted by atomic mass is 9.83. The Morgan fingerprint density at radius 1 is 1.30 bits per heavy atom. The second kappa shape index (κ2) is 6.68. The highest BCUT2D eigenvalue weighted by Gasteiger charge is 2.23. The van der Waals surface area contributed by atoms with Crippen LogP contribution in [0, 0.1) is 5.41 Å². The maximum atomic E-state index is 4.77. The minimum Gasteiger partial charge on any atom is -0.314 e. The number of nitrogens with zero attached hydrogens (tertiary/aromatic N) is 1. The van der Waals surface area contributed by atoms with Crippen LogP contribution in [0.25, 0.3) is 10.2 Å². The van der Waals surface area contributed by atoms with Crippen LogP contribution in [0.2, 0.25) is 0 Å². The number of rotatable bonds is 7. The second-order valence-corrected chi connectivity index (χ2v) is 7.59. The van der Waals surface area contributed by atoms with Crippen molar-refractivity contribution in [3.05, 3.63) is 29.3 Å². The highest BCUT2D eigenvalue weighted by atomic mass is 32.1. The molecule has 1 N–H and O–H groups in total. The van der Waals surface area contributed by atoms with Crippen LogP contribution < -0.4 is 5.32 Å². The van der Waals surface area contributed by atoms with E-state index in [1.807, 2.05) is 11.3 Å². The molecule has 1 aromatic carbocycles. The molecule has 2 rings (SSSR count). The molecule has 0 spiro atoms. The fraction of sp³-hybridized carbons (Fsp3) is 0.588. The third kappa shape index (κ3) is 4.29. The van der Waals surface area contributed by atoms with Crippen molar-refractivity contribution in [2.45, 2.75) is 53.0 Å². The molecule has 0 aliphatic rings. The molecule has 20 heavy (non-hydrogen) atoms. The first kappa shape index (κ1) is 15.5. The van der Waals surface area contributed by atoms with Crippen molar-refractivity contribution in [2.75, 3.05) is 6.54 Å². The van der Waals surface area contributed by atoms with E-state index in [0.717, 1.165) is 18.5 Å². The summed E-state index contributed by atoms with van der Waals surface area (Å²) in [5.74, 6) is 0. The molecular formula is C17H26N2S. The highest BCUT2D eigenvalue weighted by molar-refractivity contribution is 7.18. The minimum atomic E-state index is 0.286. The van der Waals surface area contributed by atoms with Crippen LogP contribution in [0.15, 0.2) is 24.3 Å². The van der Waals surface area contributed by atoms with Gasteiger partial charge in [0.2, 0.25) is 0 Å². The van der Waals surface area contributed by atoms with Gasteiger partial charge in [0.15, 0.2) is 0 Å². The molecule has 0 saturated carbocycles. The van der Waals surface area contributed by atoms with E-state index >= 15 is 0 Å². The summed E-state index contributed by atoms with van der Waals surface area (Å²) in [6.07, 6.45) is 3.44. The Labute approximate surface area is 126 Å². The zero-order valence-corrected chi connectivity index (χ0v) is 13.9. The summed E-state index contributed by atoms with van der Waals surface area (Å²) in [5, 5.41) is 4.85. The van der Waals surface area contributed by atoms with Crippen LogP contribution in [0.3, 0.4) is 0 Å². The van der Waals surface area contributed by atoms with Gasteiger partial charge in [-0.3, -0.25) is 0 Å². The summed E-state index contributed by atoms with van der Waals surface area (Å²) in [6, 6.07) is 8.99. The standard InChI is InChI=1S/C17H26N2S/c1-5-10-18-13(2)11-17(3,4)12-16-19-14-8-6-7-9-15(14)20-16/h6-9,13,18H,5,10-12H2,1-4H3. The molecule has 0 amide bonds. The lowest BCUT2D eigenvalue weighted by Crippen LogP contribution is -2.32. The number of hydrogen-bond donors (Lipinski definition) is 1. The Bertz CT molecular complexity index is 512. The van der Waals surface area contributed by atoms with E-state index in [9.17, 15) is 0 Å². The second-order valence-electron chi connectivity index (χ2n) is 6.48. The monoisotopic (exact) mass is 290 g/mol. The number of para-hydroxylation sites is 1. The Kier molecular flexibility index (Phi) is 5.17. The molecule has 1 aromatic heterocycles. The number of fused-ring (bicyclic) bond motifs is 1. The molecule has 3 heteroatoms. The Hall–Kier alpha value is -0.930. The molecule has 2 aromatic rings. The molecule has 0 aliphatic heterocycles. The van der Waals surface area contributed by atoms with Crippen molar-refractivity contribution in [2.24, 2.45) is 5.41 Å². The Morgan fingerprint density at radius 3 is 2.75 bits per heavy atom. The predicted octanol–water partition coefficient (Wildman–Crippen LogP) is 4.64. The van der Waals surface area contributed by atoms with Crippen LogP contribution >= 0.6 is 11.3 Å². The highest BCUT2D eigenvalue weighted by Crippen LogP contribution is 2.31. The van der Waals surface area contributed by atoms with Gasteiger partial charge < -0.3 is 5.32 Å². The van der Waals surface area contributed by atoms with Crippen molar-refractivity contribution >= 4 is 21.6 Å². The van der Waals surface area contributed by atoms with Gasteiger partial charge in [0.1, 0.15) is 0 Å². The van der Waals surface area contributed by atoms with E-state index in [1.54, 1.807) is 0 Å². The smallest absolute Gasteiger partial charge is 0.0943 e. The molecule has 0 bridgehead atoms. The first-order valence-corrected chi connectivity index (χ1v) is 8.39. The van der Waals surface area contributed by atoms with E-state index in [4.69, 9.17) is 4.98 Å². The number of thiazole rings is 1. The third-order valence-electron chi connectivity index (χ3n) is 3.57. The molecule has 0 fully saturated rings. The summed E-state index contributed by atoms with van der Waals surface area (Å²) < 4.78 is 1.30. The lowest BCUT2D eigenvalue weighted by Gasteiger charge is -2.27. The van der Waals surface area contributed by atoms with E-state index in [1.165, 1.54) is 22.5 Å². The van der Waals surface area contributed by atoms with E-state index in [2.05, 4.69) is 57.3 Å². The van der Waals surface area contributed by atoms with Crippen molar-refractivity contribution in [3.8, 4) is 0 Å². The summed E-state index contributed by atoms with van der Waals surface area (Å²) in [7, 11) is 0. The number of hydrogen-bond acceptors (Lipinski definition) is 3. The summed E-state index contributed by atoms with van der Waals surface area (Å²) in [4.78, 5) is 4.77. The average molecular weight is 290 g/mol. The van der Waals surface area contributed by atoms with Crippen molar-refractivity contribution in [3.63, 3.8) is 0 Å². The molecule has 0 radical (unpaired) electrons. The number of nitrogens with one attached hydrogen (secondary N) is 1. The van der Waals surface area contributed by atoms with Gasteiger partial charge in [-0.25, -0.2) is 4.98 Å². The minimum absolute atomic E-state index is 0.286. The van der Waals surface area contributed by atoms with Crippen LogP contribution in [-0.4, -0.2) is 17.6 Å². The van der Waals surface area contributed by atoms with Gasteiger partial charge in [-0.05, 0) is 43.9 Å². The normalized spacial score (nSPS) is 13.8. The predicted molar refractivity (Wildman–Crippen MR) is 89.5 cm³/mol. The summed E-state index contributed by atoms with van der Waals surface area (Å²) in [5.41, 5.74) is 1.43. The van der Waals surface area contributed by atoms with Gasteiger partial charge in [0.05, 0.1) is 15.2 Å². The number of benzene rings is 1. The quantitative estimate of drug-likeness (QED) is 0.803. The van der Waals surface area contributed by atoms with Crippen molar-refractivity contribution < 1.29 is 0 Å². The van der Waals surface area contributed by atoms with E-state index in [-0.39, 0.29) is 5.41 Å². The molecule has 1 unspecified atom stereocenters. The maximum Gasteiger partial charge on any atom is 0.0943 e. The van der Waals surface area contributed by atoms with E-state index in [0.29, 0.717) is 6.04 Å². The zero-order chi connectivity index (χ0) is 14.6. The number of aromatic nitrogens is 1. The van der Waals surface area contributed by atoms with Crippen molar-refractivity contribution in [1.82, 2.24) is 10.3 Å². The average Bonchev–Trinajstić information content (AvgIpc) is 2.76. The van der Waals surface area contributed by atoms with Crippen LogP contribution in [-0.2, 0) is 6.42 Å². The fourth-order valence-corrected chi connectivity index (χ4v) is 3.99. The Morgan fingerprint density at radius 2 is 2.05 bits per heavy atom. The Balaban J connectivity index is 1.99. The first-order chi connectivity index (χ1) is 9.50. The molecule has 0 aliphatic carbocycles. The third-order valence-corrected chi connectivity index (χ3v) is 4.61. The van der Waals surface area contributed by atoms with Crippen molar-refractivity contribution in [1.29, 1.82) is 0 Å². The van der Waals surface area contributed by atoms with Gasteiger partial charge in [0.25, 0.3) is 0 Å². The fourth-order valence-electron chi connectivity index (χ4n) is 2.77. The van der Waals surface area contributed by atoms with Crippen LogP contribution in [0.4, 0.5) is 0 Å². The van der Waals surface area contributed by atoms with E-state index < -0.39 is 0 Å². The van der Waals surface area contributed by atoms with Gasteiger partial charge in [-0.1, -0.05) is 32.9 Å². The summed E-state index contributed by atoms with van der Waals surface area (Å²) >= 11 is 1.84. The maximum absolute atomic E-state index is 4.77. The SMILES string of the molecule is CCCNC(C)CC(C)(C)Cc1nc2ccccc2s1. The topological polar surface area (TPSA) is 24.9 Å². The van der Waals surface area contributed by atoms with Gasteiger partial charge >= 0.3 is 0 Å². The zero-order valence-electron chi connectivity index (χ0n) is 13.1.